The maximum Gasteiger partial charge on any atom is 0.394 e. The molecule has 2 atom stereocenters. The van der Waals surface area contributed by atoms with Crippen molar-refractivity contribution in [1.29, 1.82) is 0 Å². The number of carbonyl (C=O) groups is 2. The van der Waals surface area contributed by atoms with Gasteiger partial charge in [0.1, 0.15) is 5.52 Å². The normalized spacial score (nSPS) is 22.6. The molecular weight excluding hydrogens is 382 g/mol. The summed E-state index contributed by atoms with van der Waals surface area (Å²) in [6, 6.07) is 5.04. The standard InChI is InChI=1S/C20H25N3O4.ClH/c1-26-20(25)19-23-15-8-7-13(11-16(15)27-19)22-18(24)17-14(9-10-21-17)12-5-3-2-4-6-12;/h7-8,11-12,14,17,21H,2-6,9-10H2,1H3,(H,22,24);1H/t14-,17-;/m0./s1. The first-order valence-corrected chi connectivity index (χ1v) is 9.69. The Morgan fingerprint density at radius 3 is 2.75 bits per heavy atom. The van der Waals surface area contributed by atoms with Crippen molar-refractivity contribution >= 4 is 41.1 Å². The third-order valence-corrected chi connectivity index (χ3v) is 5.82. The molecule has 1 saturated carbocycles. The molecule has 0 spiro atoms. The molecule has 7 nitrogen and oxygen atoms in total. The van der Waals surface area contributed by atoms with E-state index in [0.717, 1.165) is 13.0 Å². The summed E-state index contributed by atoms with van der Waals surface area (Å²) >= 11 is 0. The lowest BCUT2D eigenvalue weighted by Crippen LogP contribution is -2.42. The molecule has 28 heavy (non-hydrogen) atoms. The van der Waals surface area contributed by atoms with Gasteiger partial charge in [0.2, 0.25) is 5.91 Å². The fourth-order valence-electron chi connectivity index (χ4n) is 4.48. The Bertz CT molecular complexity index is 847. The number of hydrogen-bond donors (Lipinski definition) is 2. The summed E-state index contributed by atoms with van der Waals surface area (Å²) in [5.74, 6) is 0.331. The van der Waals surface area contributed by atoms with Crippen LogP contribution in [0.3, 0.4) is 0 Å². The molecule has 1 aliphatic heterocycles. The quantitative estimate of drug-likeness (QED) is 0.753. The number of amides is 1. The van der Waals surface area contributed by atoms with Crippen LogP contribution in [0.4, 0.5) is 5.69 Å². The molecule has 2 fully saturated rings. The number of esters is 1. The molecule has 8 heteroatoms. The van der Waals surface area contributed by atoms with Crippen molar-refractivity contribution in [3.63, 3.8) is 0 Å². The number of nitrogens with one attached hydrogen (secondary N) is 2. The summed E-state index contributed by atoms with van der Waals surface area (Å²) in [7, 11) is 1.28. The number of methoxy groups -OCH3 is 1. The van der Waals surface area contributed by atoms with Crippen LogP contribution in [0, 0.1) is 11.8 Å². The number of carbonyl (C=O) groups excluding carboxylic acids is 2. The van der Waals surface area contributed by atoms with Crippen LogP contribution in [0.15, 0.2) is 22.6 Å². The van der Waals surface area contributed by atoms with E-state index in [1.807, 2.05) is 0 Å². The smallest absolute Gasteiger partial charge is 0.394 e. The van der Waals surface area contributed by atoms with E-state index in [2.05, 4.69) is 20.4 Å². The first-order valence-electron chi connectivity index (χ1n) is 9.69. The van der Waals surface area contributed by atoms with Gasteiger partial charge >= 0.3 is 11.9 Å². The highest BCUT2D eigenvalue weighted by molar-refractivity contribution is 5.97. The SMILES string of the molecule is COC(=O)c1nc2ccc(NC(=O)[C@H]3NCC[C@H]3C3CCCCC3)cc2o1.Cl. The largest absolute Gasteiger partial charge is 0.462 e. The number of ether oxygens (including phenoxy) is 1. The second-order valence-electron chi connectivity index (χ2n) is 7.46. The first-order chi connectivity index (χ1) is 13.2. The van der Waals surface area contributed by atoms with Crippen LogP contribution in [-0.2, 0) is 9.53 Å². The van der Waals surface area contributed by atoms with Crippen LogP contribution < -0.4 is 10.6 Å². The average Bonchev–Trinajstić information content (AvgIpc) is 3.34. The Balaban J connectivity index is 0.00000225. The number of benzene rings is 1. The van der Waals surface area contributed by atoms with E-state index in [1.165, 1.54) is 39.2 Å². The van der Waals surface area contributed by atoms with Crippen LogP contribution in [0.5, 0.6) is 0 Å². The second kappa shape index (κ2) is 8.92. The minimum Gasteiger partial charge on any atom is -0.462 e. The number of anilines is 1. The molecule has 1 aromatic carbocycles. The molecule has 1 saturated heterocycles. The number of rotatable bonds is 4. The zero-order chi connectivity index (χ0) is 18.8. The molecule has 0 radical (unpaired) electrons. The highest BCUT2D eigenvalue weighted by Crippen LogP contribution is 2.36. The number of halogens is 1. The summed E-state index contributed by atoms with van der Waals surface area (Å²) in [6.45, 7) is 0.892. The summed E-state index contributed by atoms with van der Waals surface area (Å²) in [6.07, 6.45) is 7.40. The summed E-state index contributed by atoms with van der Waals surface area (Å²) in [5, 5.41) is 6.37. The summed E-state index contributed by atoms with van der Waals surface area (Å²) in [5.41, 5.74) is 1.63. The van der Waals surface area contributed by atoms with E-state index < -0.39 is 5.97 Å². The van der Waals surface area contributed by atoms with Crippen LogP contribution in [-0.4, -0.2) is 36.6 Å². The molecule has 2 aliphatic rings. The predicted octanol–water partition coefficient (Wildman–Crippen LogP) is 3.53. The Labute approximate surface area is 170 Å². The Morgan fingerprint density at radius 1 is 1.21 bits per heavy atom. The second-order valence-corrected chi connectivity index (χ2v) is 7.46. The minimum atomic E-state index is -0.623. The van der Waals surface area contributed by atoms with Crippen molar-refractivity contribution in [2.24, 2.45) is 11.8 Å². The van der Waals surface area contributed by atoms with E-state index >= 15 is 0 Å². The fraction of sp³-hybridized carbons (Fsp3) is 0.550. The zero-order valence-electron chi connectivity index (χ0n) is 15.9. The number of nitrogens with zero attached hydrogens (tertiary/aromatic N) is 1. The molecule has 2 N–H and O–H groups in total. The summed E-state index contributed by atoms with van der Waals surface area (Å²) < 4.78 is 10.1. The van der Waals surface area contributed by atoms with Crippen LogP contribution in [0.2, 0.25) is 0 Å². The van der Waals surface area contributed by atoms with Gasteiger partial charge in [0.05, 0.1) is 13.2 Å². The van der Waals surface area contributed by atoms with Gasteiger partial charge in [0, 0.05) is 11.8 Å². The van der Waals surface area contributed by atoms with E-state index in [1.54, 1.807) is 18.2 Å². The molecule has 4 rings (SSSR count). The number of aromatic nitrogens is 1. The Kier molecular flexibility index (Phi) is 6.57. The molecule has 0 unspecified atom stereocenters. The van der Waals surface area contributed by atoms with E-state index in [-0.39, 0.29) is 30.2 Å². The third-order valence-electron chi connectivity index (χ3n) is 5.82. The molecule has 0 bridgehead atoms. The molecule has 2 heterocycles. The number of hydrogen-bond acceptors (Lipinski definition) is 6. The predicted molar refractivity (Wildman–Crippen MR) is 108 cm³/mol. The minimum absolute atomic E-state index is 0. The van der Waals surface area contributed by atoms with E-state index in [4.69, 9.17) is 4.42 Å². The first kappa shape index (κ1) is 20.6. The molecule has 1 amide bonds. The van der Waals surface area contributed by atoms with Gasteiger partial charge in [-0.05, 0) is 36.9 Å². The van der Waals surface area contributed by atoms with Crippen LogP contribution >= 0.6 is 12.4 Å². The van der Waals surface area contributed by atoms with E-state index in [0.29, 0.717) is 28.6 Å². The lowest BCUT2D eigenvalue weighted by molar-refractivity contribution is -0.119. The molecular formula is C20H26ClN3O4. The van der Waals surface area contributed by atoms with Gasteiger partial charge in [0.15, 0.2) is 5.58 Å². The van der Waals surface area contributed by atoms with Crippen molar-refractivity contribution in [1.82, 2.24) is 10.3 Å². The molecule has 152 valence electrons. The van der Waals surface area contributed by atoms with Gasteiger partial charge < -0.3 is 19.8 Å². The van der Waals surface area contributed by atoms with Gasteiger partial charge in [-0.3, -0.25) is 4.79 Å². The van der Waals surface area contributed by atoms with Gasteiger partial charge in [-0.25, -0.2) is 9.78 Å². The van der Waals surface area contributed by atoms with Crippen molar-refractivity contribution in [2.45, 2.75) is 44.6 Å². The maximum atomic E-state index is 12.9. The molecule has 2 aromatic rings. The number of oxazole rings is 1. The van der Waals surface area contributed by atoms with Crippen molar-refractivity contribution in [2.75, 3.05) is 19.0 Å². The monoisotopic (exact) mass is 407 g/mol. The van der Waals surface area contributed by atoms with Crippen LogP contribution in [0.25, 0.3) is 11.1 Å². The maximum absolute atomic E-state index is 12.9. The lowest BCUT2D eigenvalue weighted by atomic mass is 9.76. The molecule has 1 aromatic heterocycles. The van der Waals surface area contributed by atoms with Crippen LogP contribution in [0.1, 0.15) is 49.2 Å². The summed E-state index contributed by atoms with van der Waals surface area (Å²) in [4.78, 5) is 28.5. The topological polar surface area (TPSA) is 93.5 Å². The van der Waals surface area contributed by atoms with Crippen molar-refractivity contribution in [3.8, 4) is 0 Å². The van der Waals surface area contributed by atoms with Crippen molar-refractivity contribution in [3.05, 3.63) is 24.1 Å². The Hall–Kier alpha value is -2.12. The average molecular weight is 408 g/mol. The third kappa shape index (κ3) is 4.15. The van der Waals surface area contributed by atoms with Crippen molar-refractivity contribution < 1.29 is 18.7 Å². The van der Waals surface area contributed by atoms with Gasteiger partial charge in [-0.2, -0.15) is 0 Å². The highest BCUT2D eigenvalue weighted by Gasteiger charge is 2.38. The lowest BCUT2D eigenvalue weighted by Gasteiger charge is -2.30. The highest BCUT2D eigenvalue weighted by atomic mass is 35.5. The van der Waals surface area contributed by atoms with E-state index in [9.17, 15) is 9.59 Å². The van der Waals surface area contributed by atoms with Gasteiger partial charge in [-0.1, -0.05) is 32.1 Å². The van der Waals surface area contributed by atoms with Gasteiger partial charge in [0.25, 0.3) is 0 Å². The molecule has 1 aliphatic carbocycles. The number of fused-ring (bicyclic) bond motifs is 1. The fourth-order valence-corrected chi connectivity index (χ4v) is 4.48. The van der Waals surface area contributed by atoms with Gasteiger partial charge in [-0.15, -0.1) is 12.4 Å². The Morgan fingerprint density at radius 2 is 2.00 bits per heavy atom. The zero-order valence-corrected chi connectivity index (χ0v) is 16.7.